The first-order valence-electron chi connectivity index (χ1n) is 8.29. The van der Waals surface area contributed by atoms with Crippen molar-refractivity contribution < 1.29 is 17.9 Å². The lowest BCUT2D eigenvalue weighted by Crippen LogP contribution is -2.28. The minimum Gasteiger partial charge on any atom is -0.491 e. The van der Waals surface area contributed by atoms with E-state index < -0.39 is 15.3 Å². The number of fused-ring (bicyclic) bond motifs is 1. The Morgan fingerprint density at radius 1 is 1.35 bits per heavy atom. The van der Waals surface area contributed by atoms with E-state index in [0.29, 0.717) is 18.9 Å². The maximum atomic E-state index is 11.4. The number of hydrogen-bond acceptors (Lipinski definition) is 4. The van der Waals surface area contributed by atoms with Gasteiger partial charge in [-0.1, -0.05) is 6.07 Å². The summed E-state index contributed by atoms with van der Waals surface area (Å²) < 4.78 is 34.2. The van der Waals surface area contributed by atoms with Crippen molar-refractivity contribution in [3.8, 4) is 5.75 Å². The number of ether oxygens (including phenoxy) is 2. The van der Waals surface area contributed by atoms with Crippen LogP contribution in [0.2, 0.25) is 0 Å². The van der Waals surface area contributed by atoms with Gasteiger partial charge in [0.2, 0.25) is 10.0 Å². The molecule has 1 saturated heterocycles. The van der Waals surface area contributed by atoms with Crippen LogP contribution in [0.15, 0.2) is 18.2 Å². The van der Waals surface area contributed by atoms with E-state index >= 15 is 0 Å². The normalized spacial score (nSPS) is 25.3. The first-order chi connectivity index (χ1) is 10.9. The Labute approximate surface area is 138 Å². The zero-order chi connectivity index (χ0) is 16.4. The van der Waals surface area contributed by atoms with E-state index in [9.17, 15) is 8.42 Å². The predicted octanol–water partition coefficient (Wildman–Crippen LogP) is 2.03. The lowest BCUT2D eigenvalue weighted by atomic mass is 10.0. The van der Waals surface area contributed by atoms with Gasteiger partial charge in [-0.05, 0) is 68.2 Å². The molecule has 3 rings (SSSR count). The highest BCUT2D eigenvalue weighted by Gasteiger charge is 2.27. The van der Waals surface area contributed by atoms with Crippen LogP contribution in [0.1, 0.15) is 37.3 Å². The Kier molecular flexibility index (Phi) is 4.94. The van der Waals surface area contributed by atoms with Gasteiger partial charge in [0.15, 0.2) is 0 Å². The second-order valence-electron chi connectivity index (χ2n) is 6.79. The molecule has 0 saturated carbocycles. The molecule has 0 amide bonds. The fourth-order valence-electron chi connectivity index (χ4n) is 3.51. The van der Waals surface area contributed by atoms with Crippen LogP contribution in [0.25, 0.3) is 0 Å². The minimum absolute atomic E-state index is 0.214. The average Bonchev–Trinajstić information content (AvgIpc) is 3.12. The second-order valence-corrected chi connectivity index (χ2v) is 8.77. The summed E-state index contributed by atoms with van der Waals surface area (Å²) in [6.07, 6.45) is 4.82. The molecule has 1 aromatic rings. The van der Waals surface area contributed by atoms with Gasteiger partial charge in [-0.2, -0.15) is 0 Å². The fraction of sp³-hybridized carbons (Fsp3) is 0.647. The van der Waals surface area contributed by atoms with Gasteiger partial charge in [0.25, 0.3) is 0 Å². The van der Waals surface area contributed by atoms with Crippen molar-refractivity contribution in [1.82, 2.24) is 0 Å². The van der Waals surface area contributed by atoms with Gasteiger partial charge >= 0.3 is 0 Å². The van der Waals surface area contributed by atoms with Crippen molar-refractivity contribution in [1.29, 1.82) is 0 Å². The maximum Gasteiger partial charge on any atom is 0.211 e. The van der Waals surface area contributed by atoms with Crippen molar-refractivity contribution in [2.24, 2.45) is 11.1 Å². The first kappa shape index (κ1) is 16.7. The second kappa shape index (κ2) is 6.79. The third kappa shape index (κ3) is 4.25. The molecule has 1 aromatic carbocycles. The molecule has 0 aromatic heterocycles. The third-order valence-electron chi connectivity index (χ3n) is 4.88. The van der Waals surface area contributed by atoms with Crippen LogP contribution in [0.4, 0.5) is 0 Å². The summed E-state index contributed by atoms with van der Waals surface area (Å²) in [5, 5.41) is 4.74. The van der Waals surface area contributed by atoms with Crippen molar-refractivity contribution in [2.75, 3.05) is 13.2 Å². The zero-order valence-corrected chi connectivity index (χ0v) is 14.3. The molecule has 3 atom stereocenters. The molecule has 0 spiro atoms. The topological polar surface area (TPSA) is 78.6 Å². The highest BCUT2D eigenvalue weighted by atomic mass is 32.2. The van der Waals surface area contributed by atoms with Gasteiger partial charge in [0, 0.05) is 6.61 Å². The Morgan fingerprint density at radius 2 is 2.13 bits per heavy atom. The lowest BCUT2D eigenvalue weighted by molar-refractivity contribution is 0.0679. The third-order valence-corrected chi connectivity index (χ3v) is 6.20. The summed E-state index contributed by atoms with van der Waals surface area (Å²) in [7, 11) is -3.44. The Morgan fingerprint density at radius 3 is 2.83 bits per heavy atom. The maximum absolute atomic E-state index is 11.4. The molecule has 0 bridgehead atoms. The predicted molar refractivity (Wildman–Crippen MR) is 89.0 cm³/mol. The van der Waals surface area contributed by atoms with Crippen LogP contribution in [0.5, 0.6) is 5.75 Å². The van der Waals surface area contributed by atoms with E-state index in [1.165, 1.54) is 11.1 Å². The largest absolute Gasteiger partial charge is 0.491 e. The van der Waals surface area contributed by atoms with Crippen LogP contribution in [0.3, 0.4) is 0 Å². The number of benzene rings is 1. The highest BCUT2D eigenvalue weighted by Crippen LogP contribution is 2.33. The highest BCUT2D eigenvalue weighted by molar-refractivity contribution is 7.89. The quantitative estimate of drug-likeness (QED) is 0.860. The van der Waals surface area contributed by atoms with Gasteiger partial charge in [0.05, 0.1) is 11.4 Å². The van der Waals surface area contributed by atoms with Gasteiger partial charge in [-0.15, -0.1) is 0 Å². The van der Waals surface area contributed by atoms with E-state index in [1.807, 2.05) is 6.07 Å². The molecule has 1 aliphatic heterocycles. The Bertz CT molecular complexity index is 653. The molecular weight excluding hydrogens is 314 g/mol. The monoisotopic (exact) mass is 339 g/mol. The molecule has 1 aliphatic carbocycles. The number of hydrogen-bond donors (Lipinski definition) is 1. The van der Waals surface area contributed by atoms with Crippen LogP contribution in [0, 0.1) is 5.92 Å². The summed E-state index contributed by atoms with van der Waals surface area (Å²) in [5.74, 6) is 1.21. The fourth-order valence-corrected chi connectivity index (χ4v) is 4.05. The molecule has 2 aliphatic rings. The molecule has 0 radical (unpaired) electrons. The first-order valence-corrected chi connectivity index (χ1v) is 9.90. The summed E-state index contributed by atoms with van der Waals surface area (Å²) in [6.45, 7) is 3.13. The summed E-state index contributed by atoms with van der Waals surface area (Å²) in [4.78, 5) is 0. The SMILES string of the molecule is CC(C[C@H]1Cc2ccc(OC[C@@H]3CCCO3)cc2C1)S(N)(=O)=O. The van der Waals surface area contributed by atoms with Gasteiger partial charge in [0.1, 0.15) is 12.4 Å². The van der Waals surface area contributed by atoms with Crippen molar-refractivity contribution in [3.63, 3.8) is 0 Å². The van der Waals surface area contributed by atoms with E-state index in [2.05, 4.69) is 12.1 Å². The summed E-state index contributed by atoms with van der Waals surface area (Å²) in [5.41, 5.74) is 2.56. The summed E-state index contributed by atoms with van der Waals surface area (Å²) >= 11 is 0. The zero-order valence-electron chi connectivity index (χ0n) is 13.5. The molecular formula is C17H25NO4S. The molecule has 23 heavy (non-hydrogen) atoms. The lowest BCUT2D eigenvalue weighted by Gasteiger charge is -2.14. The van der Waals surface area contributed by atoms with E-state index in [-0.39, 0.29) is 6.10 Å². The van der Waals surface area contributed by atoms with Crippen LogP contribution in [-0.4, -0.2) is 33.0 Å². The molecule has 2 N–H and O–H groups in total. The van der Waals surface area contributed by atoms with Crippen LogP contribution < -0.4 is 9.88 Å². The van der Waals surface area contributed by atoms with Gasteiger partial charge in [-0.3, -0.25) is 0 Å². The van der Waals surface area contributed by atoms with E-state index in [0.717, 1.165) is 38.0 Å². The van der Waals surface area contributed by atoms with Gasteiger partial charge in [-0.25, -0.2) is 13.6 Å². The van der Waals surface area contributed by atoms with Crippen molar-refractivity contribution in [2.45, 2.75) is 50.4 Å². The molecule has 1 heterocycles. The van der Waals surface area contributed by atoms with Crippen molar-refractivity contribution >= 4 is 10.0 Å². The Balaban J connectivity index is 1.57. The molecule has 5 nitrogen and oxygen atoms in total. The molecule has 1 unspecified atom stereocenters. The standard InChI is InChI=1S/C17H25NO4S/c1-12(23(18,19)20)7-13-8-14-4-5-16(10-15(14)9-13)22-11-17-3-2-6-21-17/h4-5,10,12-13,17H,2-3,6-9,11H2,1H3,(H2,18,19,20)/t12?,13-,17-/m0/s1. The number of rotatable bonds is 6. The van der Waals surface area contributed by atoms with Crippen molar-refractivity contribution in [3.05, 3.63) is 29.3 Å². The number of primary sulfonamides is 1. The Hall–Kier alpha value is -1.11. The molecule has 1 fully saturated rings. The average molecular weight is 339 g/mol. The summed E-state index contributed by atoms with van der Waals surface area (Å²) in [6, 6.07) is 6.19. The van der Waals surface area contributed by atoms with Crippen LogP contribution in [-0.2, 0) is 27.6 Å². The van der Waals surface area contributed by atoms with Gasteiger partial charge < -0.3 is 9.47 Å². The minimum atomic E-state index is -3.44. The van der Waals surface area contributed by atoms with E-state index in [1.54, 1.807) is 6.92 Å². The number of sulfonamides is 1. The molecule has 128 valence electrons. The smallest absolute Gasteiger partial charge is 0.211 e. The van der Waals surface area contributed by atoms with Crippen LogP contribution >= 0.6 is 0 Å². The van der Waals surface area contributed by atoms with E-state index in [4.69, 9.17) is 14.6 Å². The number of nitrogens with two attached hydrogens (primary N) is 1. The molecule has 6 heteroatoms.